The Morgan fingerprint density at radius 1 is 1.03 bits per heavy atom. The average molecular weight is 479 g/mol. The summed E-state index contributed by atoms with van der Waals surface area (Å²) in [6.07, 6.45) is 0. The van der Waals surface area contributed by atoms with Crippen molar-refractivity contribution in [1.82, 2.24) is 10.3 Å². The van der Waals surface area contributed by atoms with Crippen LogP contribution in [-0.4, -0.2) is 24.1 Å². The zero-order valence-corrected chi connectivity index (χ0v) is 19.8. The molecule has 1 amide bonds. The van der Waals surface area contributed by atoms with Crippen LogP contribution in [0.25, 0.3) is 10.9 Å². The molecule has 0 radical (unpaired) electrons. The van der Waals surface area contributed by atoms with Crippen molar-refractivity contribution in [1.29, 1.82) is 0 Å². The van der Waals surface area contributed by atoms with Gasteiger partial charge in [-0.3, -0.25) is 4.79 Å². The van der Waals surface area contributed by atoms with E-state index in [1.807, 2.05) is 56.3 Å². The van der Waals surface area contributed by atoms with Crippen LogP contribution < -0.4 is 14.8 Å². The Kier molecular flexibility index (Phi) is 5.96. The molecule has 2 N–H and O–H groups in total. The molecule has 5 rings (SSSR count). The first kappa shape index (κ1) is 21.7. The summed E-state index contributed by atoms with van der Waals surface area (Å²) >= 11 is 7.60. The predicted octanol–water partition coefficient (Wildman–Crippen LogP) is 6.54. The Bertz CT molecular complexity index is 1330. The lowest BCUT2D eigenvalue weighted by atomic mass is 10.1. The first-order valence-corrected chi connectivity index (χ1v) is 11.9. The zero-order valence-electron chi connectivity index (χ0n) is 18.3. The Labute approximate surface area is 201 Å². The van der Waals surface area contributed by atoms with E-state index in [9.17, 15) is 4.79 Å². The molecule has 0 spiro atoms. The van der Waals surface area contributed by atoms with Gasteiger partial charge in [0.25, 0.3) is 5.91 Å². The number of aromatic amines is 1. The number of carbonyl (C=O) groups excluding carboxylic acids is 1. The standard InChI is InChI=1S/C26H23ClN2O3S/c1-15-3-9-20-21(13-15)29-24(25(20)33-19-7-5-18(27)6-8-19)26(30)28-16(2)17-4-10-22-23(14-17)32-12-11-31-22/h3-10,13-14,16,29H,11-12H2,1-2H3,(H,28,30). The minimum Gasteiger partial charge on any atom is -0.486 e. The number of nitrogens with one attached hydrogen (secondary N) is 2. The van der Waals surface area contributed by atoms with Crippen molar-refractivity contribution < 1.29 is 14.3 Å². The molecule has 4 aromatic rings. The summed E-state index contributed by atoms with van der Waals surface area (Å²) in [6.45, 7) is 5.07. The van der Waals surface area contributed by atoms with Gasteiger partial charge < -0.3 is 19.8 Å². The molecule has 1 aliphatic rings. The van der Waals surface area contributed by atoms with Crippen LogP contribution in [0.3, 0.4) is 0 Å². The third kappa shape index (κ3) is 4.54. The van der Waals surface area contributed by atoms with Crippen LogP contribution in [0.4, 0.5) is 0 Å². The number of hydrogen-bond acceptors (Lipinski definition) is 4. The van der Waals surface area contributed by atoms with Gasteiger partial charge in [-0.2, -0.15) is 0 Å². The molecule has 5 nitrogen and oxygen atoms in total. The highest BCUT2D eigenvalue weighted by atomic mass is 35.5. The minimum absolute atomic E-state index is 0.164. The summed E-state index contributed by atoms with van der Waals surface area (Å²) in [6, 6.07) is 19.4. The first-order chi connectivity index (χ1) is 16.0. The molecule has 0 bridgehead atoms. The van der Waals surface area contributed by atoms with Crippen molar-refractivity contribution in [3.05, 3.63) is 82.5 Å². The summed E-state index contributed by atoms with van der Waals surface area (Å²) in [5.74, 6) is 1.28. The number of rotatable bonds is 5. The van der Waals surface area contributed by atoms with E-state index in [1.54, 1.807) is 11.8 Å². The fourth-order valence-corrected chi connectivity index (χ4v) is 5.02. The highest BCUT2D eigenvalue weighted by molar-refractivity contribution is 7.99. The molecule has 0 aliphatic carbocycles. The van der Waals surface area contributed by atoms with E-state index >= 15 is 0 Å². The largest absolute Gasteiger partial charge is 0.486 e. The lowest BCUT2D eigenvalue weighted by Gasteiger charge is -2.21. The monoisotopic (exact) mass is 478 g/mol. The van der Waals surface area contributed by atoms with Crippen LogP contribution in [-0.2, 0) is 0 Å². The minimum atomic E-state index is -0.213. The van der Waals surface area contributed by atoms with Gasteiger partial charge in [-0.25, -0.2) is 0 Å². The van der Waals surface area contributed by atoms with E-state index in [0.29, 0.717) is 29.7 Å². The number of hydrogen-bond donors (Lipinski definition) is 2. The summed E-state index contributed by atoms with van der Waals surface area (Å²) in [4.78, 5) is 18.6. The maximum absolute atomic E-state index is 13.4. The second-order valence-corrected chi connectivity index (χ2v) is 9.55. The summed E-state index contributed by atoms with van der Waals surface area (Å²) < 4.78 is 11.3. The van der Waals surface area contributed by atoms with Gasteiger partial charge in [0.2, 0.25) is 0 Å². The Morgan fingerprint density at radius 2 is 1.79 bits per heavy atom. The maximum Gasteiger partial charge on any atom is 0.269 e. The van der Waals surface area contributed by atoms with Gasteiger partial charge in [0.05, 0.1) is 10.9 Å². The van der Waals surface area contributed by atoms with Gasteiger partial charge in [0.15, 0.2) is 11.5 Å². The highest BCUT2D eigenvalue weighted by Gasteiger charge is 2.22. The van der Waals surface area contributed by atoms with Crippen molar-refractivity contribution in [3.8, 4) is 11.5 Å². The second kappa shape index (κ2) is 9.04. The molecule has 0 saturated heterocycles. The van der Waals surface area contributed by atoms with E-state index in [4.69, 9.17) is 21.1 Å². The molecule has 1 unspecified atom stereocenters. The van der Waals surface area contributed by atoms with Crippen molar-refractivity contribution in [2.24, 2.45) is 0 Å². The topological polar surface area (TPSA) is 63.4 Å². The van der Waals surface area contributed by atoms with Crippen molar-refractivity contribution in [2.75, 3.05) is 13.2 Å². The molecule has 1 aromatic heterocycles. The molecule has 1 atom stereocenters. The zero-order chi connectivity index (χ0) is 22.9. The molecule has 0 saturated carbocycles. The molecule has 33 heavy (non-hydrogen) atoms. The third-order valence-corrected chi connectivity index (χ3v) is 6.97. The summed E-state index contributed by atoms with van der Waals surface area (Å²) in [5, 5.41) is 4.82. The number of amides is 1. The number of carbonyl (C=O) groups is 1. The van der Waals surface area contributed by atoms with Crippen LogP contribution in [0.1, 0.15) is 34.6 Å². The number of halogens is 1. The molecule has 2 heterocycles. The Hall–Kier alpha value is -3.09. The average Bonchev–Trinajstić information content (AvgIpc) is 3.17. The number of H-pyrrole nitrogens is 1. The van der Waals surface area contributed by atoms with Gasteiger partial charge in [-0.15, -0.1) is 0 Å². The van der Waals surface area contributed by atoms with Crippen molar-refractivity contribution >= 4 is 40.2 Å². The fourth-order valence-electron chi connectivity index (χ4n) is 3.85. The number of ether oxygens (including phenoxy) is 2. The molecular weight excluding hydrogens is 456 g/mol. The Morgan fingerprint density at radius 3 is 2.58 bits per heavy atom. The summed E-state index contributed by atoms with van der Waals surface area (Å²) in [5.41, 5.74) is 3.55. The quantitative estimate of drug-likeness (QED) is 0.341. The second-order valence-electron chi connectivity index (χ2n) is 8.03. The first-order valence-electron chi connectivity index (χ1n) is 10.7. The van der Waals surface area contributed by atoms with Gasteiger partial charge >= 0.3 is 0 Å². The van der Waals surface area contributed by atoms with Crippen LogP contribution in [0.15, 0.2) is 70.5 Å². The van der Waals surface area contributed by atoms with E-state index in [2.05, 4.69) is 28.5 Å². The van der Waals surface area contributed by atoms with Gasteiger partial charge in [-0.05, 0) is 67.4 Å². The van der Waals surface area contributed by atoms with Crippen LogP contribution in [0, 0.1) is 6.92 Å². The van der Waals surface area contributed by atoms with Crippen molar-refractivity contribution in [3.63, 3.8) is 0 Å². The normalized spacial score (nSPS) is 13.7. The summed E-state index contributed by atoms with van der Waals surface area (Å²) in [7, 11) is 0. The van der Waals surface area contributed by atoms with E-state index in [-0.39, 0.29) is 11.9 Å². The molecular formula is C26H23ClN2O3S. The third-order valence-electron chi connectivity index (χ3n) is 5.58. The van der Waals surface area contributed by atoms with Crippen LogP contribution in [0.5, 0.6) is 11.5 Å². The van der Waals surface area contributed by atoms with Gasteiger partial charge in [-0.1, -0.05) is 41.6 Å². The van der Waals surface area contributed by atoms with E-state index in [1.165, 1.54) is 0 Å². The number of aromatic nitrogens is 1. The number of benzene rings is 3. The maximum atomic E-state index is 13.4. The van der Waals surface area contributed by atoms with E-state index < -0.39 is 0 Å². The molecule has 0 fully saturated rings. The predicted molar refractivity (Wildman–Crippen MR) is 132 cm³/mol. The lowest BCUT2D eigenvalue weighted by Crippen LogP contribution is -2.27. The lowest BCUT2D eigenvalue weighted by molar-refractivity contribution is 0.0932. The molecule has 1 aliphatic heterocycles. The smallest absolute Gasteiger partial charge is 0.269 e. The van der Waals surface area contributed by atoms with Gasteiger partial charge in [0, 0.05) is 20.8 Å². The number of aryl methyl sites for hydroxylation is 1. The van der Waals surface area contributed by atoms with E-state index in [0.717, 1.165) is 37.6 Å². The SMILES string of the molecule is Cc1ccc2c(Sc3ccc(Cl)cc3)c(C(=O)NC(C)c3ccc4c(c3)OCCO4)[nH]c2c1. The number of fused-ring (bicyclic) bond motifs is 2. The van der Waals surface area contributed by atoms with Crippen LogP contribution in [0.2, 0.25) is 5.02 Å². The van der Waals surface area contributed by atoms with Crippen molar-refractivity contribution in [2.45, 2.75) is 29.7 Å². The Balaban J connectivity index is 1.45. The fraction of sp³-hybridized carbons (Fsp3) is 0.192. The molecule has 7 heteroatoms. The van der Waals surface area contributed by atoms with Crippen LogP contribution >= 0.6 is 23.4 Å². The molecule has 168 valence electrons. The highest BCUT2D eigenvalue weighted by Crippen LogP contribution is 2.38. The van der Waals surface area contributed by atoms with Gasteiger partial charge in [0.1, 0.15) is 18.9 Å². The molecule has 3 aromatic carbocycles.